The summed E-state index contributed by atoms with van der Waals surface area (Å²) in [4.78, 5) is 9.16. The average molecular weight is 320 g/mol. The minimum absolute atomic E-state index is 0.000907. The fraction of sp³-hybridized carbons (Fsp3) is 0.455. The third kappa shape index (κ3) is 3.53. The van der Waals surface area contributed by atoms with E-state index < -0.39 is 36.9 Å². The van der Waals surface area contributed by atoms with Crippen LogP contribution in [-0.2, 0) is 14.8 Å². The van der Waals surface area contributed by atoms with Crippen LogP contribution in [0.1, 0.15) is 6.42 Å². The van der Waals surface area contributed by atoms with Crippen LogP contribution in [0.2, 0.25) is 0 Å². The molecule has 1 aromatic carbocycles. The van der Waals surface area contributed by atoms with Gasteiger partial charge in [0.15, 0.2) is 0 Å². The SMILES string of the molecule is O=[N+]([O-])c1cc(S(=O)(=O)NCC2(O)CCOC2)ccc1F. The number of halogens is 1. The Kier molecular flexibility index (Phi) is 4.23. The fourth-order valence-electron chi connectivity index (χ4n) is 1.85. The van der Waals surface area contributed by atoms with Crippen molar-refractivity contribution >= 4 is 15.7 Å². The second-order valence-electron chi connectivity index (χ2n) is 4.72. The third-order valence-electron chi connectivity index (χ3n) is 3.10. The molecular formula is C11H13FN2O6S. The molecule has 8 nitrogen and oxygen atoms in total. The molecule has 2 N–H and O–H groups in total. The highest BCUT2D eigenvalue weighted by Crippen LogP contribution is 2.22. The summed E-state index contributed by atoms with van der Waals surface area (Å²) >= 11 is 0. The molecular weight excluding hydrogens is 307 g/mol. The lowest BCUT2D eigenvalue weighted by molar-refractivity contribution is -0.387. The van der Waals surface area contributed by atoms with E-state index in [1.165, 1.54) is 0 Å². The number of sulfonamides is 1. The predicted octanol–water partition coefficient (Wildman–Crippen LogP) is 0.164. The summed E-state index contributed by atoms with van der Waals surface area (Å²) in [6.07, 6.45) is 0.277. The van der Waals surface area contributed by atoms with Crippen molar-refractivity contribution in [1.82, 2.24) is 4.72 Å². The normalized spacial score (nSPS) is 22.4. The lowest BCUT2D eigenvalue weighted by atomic mass is 10.1. The van der Waals surface area contributed by atoms with Crippen LogP contribution in [0.15, 0.2) is 23.1 Å². The molecule has 0 aliphatic carbocycles. The summed E-state index contributed by atoms with van der Waals surface area (Å²) in [5.74, 6) is -1.12. The summed E-state index contributed by atoms with van der Waals surface area (Å²) in [6.45, 7) is 0.0276. The Morgan fingerprint density at radius 1 is 1.52 bits per heavy atom. The Morgan fingerprint density at radius 3 is 2.81 bits per heavy atom. The van der Waals surface area contributed by atoms with Gasteiger partial charge in [-0.3, -0.25) is 10.1 Å². The molecule has 116 valence electrons. The lowest BCUT2D eigenvalue weighted by Gasteiger charge is -2.20. The minimum atomic E-state index is -4.10. The molecule has 1 atom stereocenters. The van der Waals surface area contributed by atoms with Crippen LogP contribution >= 0.6 is 0 Å². The zero-order valence-electron chi connectivity index (χ0n) is 10.8. The summed E-state index contributed by atoms with van der Waals surface area (Å²) in [6, 6.07) is 2.26. The van der Waals surface area contributed by atoms with E-state index in [1.54, 1.807) is 0 Å². The maximum Gasteiger partial charge on any atom is 0.306 e. The highest BCUT2D eigenvalue weighted by Gasteiger charge is 2.34. The molecule has 2 rings (SSSR count). The van der Waals surface area contributed by atoms with Crippen LogP contribution in [0.5, 0.6) is 0 Å². The third-order valence-corrected chi connectivity index (χ3v) is 4.50. The fourth-order valence-corrected chi connectivity index (χ4v) is 2.99. The van der Waals surface area contributed by atoms with E-state index in [0.29, 0.717) is 18.7 Å². The van der Waals surface area contributed by atoms with Crippen LogP contribution in [0.4, 0.5) is 10.1 Å². The molecule has 0 aromatic heterocycles. The number of rotatable bonds is 5. The molecule has 0 spiro atoms. The van der Waals surface area contributed by atoms with Crippen molar-refractivity contribution in [3.63, 3.8) is 0 Å². The van der Waals surface area contributed by atoms with E-state index >= 15 is 0 Å². The van der Waals surface area contributed by atoms with Crippen molar-refractivity contribution in [2.75, 3.05) is 19.8 Å². The number of ether oxygens (including phenoxy) is 1. The smallest absolute Gasteiger partial charge is 0.306 e. The Labute approximate surface area is 119 Å². The van der Waals surface area contributed by atoms with Crippen molar-refractivity contribution < 1.29 is 27.6 Å². The Hall–Kier alpha value is -1.62. The second kappa shape index (κ2) is 5.64. The molecule has 1 heterocycles. The Bertz CT molecular complexity index is 657. The number of nitrogens with zero attached hydrogens (tertiary/aromatic N) is 1. The quantitative estimate of drug-likeness (QED) is 0.589. The number of nitro benzene ring substituents is 1. The van der Waals surface area contributed by atoms with Gasteiger partial charge >= 0.3 is 5.69 Å². The van der Waals surface area contributed by atoms with Crippen LogP contribution in [0.25, 0.3) is 0 Å². The van der Waals surface area contributed by atoms with Gasteiger partial charge in [0.1, 0.15) is 5.60 Å². The molecule has 21 heavy (non-hydrogen) atoms. The molecule has 10 heteroatoms. The summed E-state index contributed by atoms with van der Waals surface area (Å²) in [5, 5.41) is 20.6. The highest BCUT2D eigenvalue weighted by molar-refractivity contribution is 7.89. The molecule has 0 saturated carbocycles. The Morgan fingerprint density at radius 2 is 2.24 bits per heavy atom. The first-order valence-corrected chi connectivity index (χ1v) is 7.46. The standard InChI is InChI=1S/C11H13FN2O6S/c12-9-2-1-8(5-10(9)14(16)17)21(18,19)13-6-11(15)3-4-20-7-11/h1-2,5,13,15H,3-4,6-7H2. The number of benzene rings is 1. The first kappa shape index (κ1) is 15.8. The molecule has 0 radical (unpaired) electrons. The van der Waals surface area contributed by atoms with Crippen molar-refractivity contribution in [1.29, 1.82) is 0 Å². The lowest BCUT2D eigenvalue weighted by Crippen LogP contribution is -2.43. The van der Waals surface area contributed by atoms with Crippen LogP contribution in [0, 0.1) is 15.9 Å². The van der Waals surface area contributed by atoms with Crippen LogP contribution in [0.3, 0.4) is 0 Å². The number of hydrogen-bond acceptors (Lipinski definition) is 6. The maximum atomic E-state index is 13.2. The van der Waals surface area contributed by atoms with Crippen molar-refractivity contribution in [3.05, 3.63) is 34.1 Å². The van der Waals surface area contributed by atoms with Gasteiger partial charge in [-0.15, -0.1) is 0 Å². The minimum Gasteiger partial charge on any atom is -0.386 e. The first-order valence-electron chi connectivity index (χ1n) is 5.97. The molecule has 1 aliphatic rings. The largest absolute Gasteiger partial charge is 0.386 e. The molecule has 1 fully saturated rings. The van der Waals surface area contributed by atoms with Gasteiger partial charge in [0.05, 0.1) is 16.4 Å². The molecule has 1 aliphatic heterocycles. The van der Waals surface area contributed by atoms with Gasteiger partial charge in [-0.25, -0.2) is 13.1 Å². The van der Waals surface area contributed by atoms with Gasteiger partial charge in [-0.05, 0) is 12.1 Å². The number of nitro groups is 1. The topological polar surface area (TPSA) is 119 Å². The first-order chi connectivity index (χ1) is 9.73. The zero-order valence-corrected chi connectivity index (χ0v) is 11.6. The van der Waals surface area contributed by atoms with Crippen molar-refractivity contribution in [3.8, 4) is 0 Å². The van der Waals surface area contributed by atoms with Crippen molar-refractivity contribution in [2.45, 2.75) is 16.9 Å². The van der Waals surface area contributed by atoms with Crippen LogP contribution in [-0.4, -0.2) is 43.8 Å². The number of aliphatic hydroxyl groups is 1. The van der Waals surface area contributed by atoms with E-state index in [2.05, 4.69) is 4.72 Å². The second-order valence-corrected chi connectivity index (χ2v) is 6.49. The molecule has 0 amide bonds. The summed E-state index contributed by atoms with van der Waals surface area (Å²) < 4.78 is 44.3. The predicted molar refractivity (Wildman–Crippen MR) is 68.6 cm³/mol. The van der Waals surface area contributed by atoms with Gasteiger partial charge in [0.25, 0.3) is 0 Å². The Balaban J connectivity index is 2.19. The molecule has 1 unspecified atom stereocenters. The van der Waals surface area contributed by atoms with Gasteiger partial charge in [-0.1, -0.05) is 0 Å². The van der Waals surface area contributed by atoms with E-state index in [0.717, 1.165) is 6.07 Å². The number of nitrogens with one attached hydrogen (secondary N) is 1. The molecule has 0 bridgehead atoms. The van der Waals surface area contributed by atoms with Gasteiger partial charge < -0.3 is 9.84 Å². The van der Waals surface area contributed by atoms with E-state index in [-0.39, 0.29) is 19.6 Å². The van der Waals surface area contributed by atoms with Gasteiger partial charge in [0, 0.05) is 25.6 Å². The van der Waals surface area contributed by atoms with Gasteiger partial charge in [-0.2, -0.15) is 4.39 Å². The van der Waals surface area contributed by atoms with Gasteiger partial charge in [0.2, 0.25) is 15.8 Å². The summed E-state index contributed by atoms with van der Waals surface area (Å²) in [7, 11) is -4.10. The van der Waals surface area contributed by atoms with Crippen molar-refractivity contribution in [2.24, 2.45) is 0 Å². The highest BCUT2D eigenvalue weighted by atomic mass is 32.2. The molecule has 1 saturated heterocycles. The monoisotopic (exact) mass is 320 g/mol. The average Bonchev–Trinajstić information content (AvgIpc) is 2.84. The zero-order chi connectivity index (χ0) is 15.7. The summed E-state index contributed by atoms with van der Waals surface area (Å²) in [5.41, 5.74) is -2.24. The van der Waals surface area contributed by atoms with E-state index in [4.69, 9.17) is 4.74 Å². The van der Waals surface area contributed by atoms with Crippen LogP contribution < -0.4 is 4.72 Å². The maximum absolute atomic E-state index is 13.2. The van der Waals surface area contributed by atoms with E-state index in [1.807, 2.05) is 0 Å². The molecule has 1 aromatic rings. The number of hydrogen-bond donors (Lipinski definition) is 2. The van der Waals surface area contributed by atoms with E-state index in [9.17, 15) is 28.0 Å².